The lowest BCUT2D eigenvalue weighted by molar-refractivity contribution is 0.203. The second-order valence-electron chi connectivity index (χ2n) is 6.31. The van der Waals surface area contributed by atoms with E-state index in [2.05, 4.69) is 27.9 Å². The van der Waals surface area contributed by atoms with Crippen LogP contribution < -0.4 is 10.6 Å². The van der Waals surface area contributed by atoms with E-state index in [1.54, 1.807) is 19.6 Å². The Bertz CT molecular complexity index is 835. The fourth-order valence-electron chi connectivity index (χ4n) is 2.80. The van der Waals surface area contributed by atoms with Crippen molar-refractivity contribution in [3.8, 4) is 0 Å². The number of methoxy groups -OCH3 is 1. The van der Waals surface area contributed by atoms with Crippen LogP contribution in [0.1, 0.15) is 16.9 Å². The van der Waals surface area contributed by atoms with Crippen LogP contribution in [-0.4, -0.2) is 42.5 Å². The van der Waals surface area contributed by atoms with Crippen LogP contribution in [0.25, 0.3) is 0 Å². The van der Waals surface area contributed by atoms with E-state index in [0.29, 0.717) is 19.7 Å². The van der Waals surface area contributed by atoms with Crippen LogP contribution in [0.3, 0.4) is 0 Å². The number of halogens is 1. The molecule has 0 unspecified atom stereocenters. The van der Waals surface area contributed by atoms with Gasteiger partial charge >= 0.3 is 0 Å². The fraction of sp³-hybridized carbons (Fsp3) is 0.333. The molecule has 0 amide bonds. The fourth-order valence-corrected chi connectivity index (χ4v) is 2.80. The molecule has 1 aromatic carbocycles. The molecule has 0 saturated carbocycles. The Morgan fingerprint density at radius 1 is 1.10 bits per heavy atom. The van der Waals surface area contributed by atoms with Crippen molar-refractivity contribution in [2.75, 3.05) is 26.8 Å². The van der Waals surface area contributed by atoms with Gasteiger partial charge in [-0.2, -0.15) is 5.10 Å². The van der Waals surface area contributed by atoms with Crippen LogP contribution in [0.15, 0.2) is 70.5 Å². The summed E-state index contributed by atoms with van der Waals surface area (Å²) in [5.74, 6) is 1.71. The van der Waals surface area contributed by atoms with Gasteiger partial charge in [-0.05, 0) is 29.3 Å². The summed E-state index contributed by atoms with van der Waals surface area (Å²) in [5.41, 5.74) is 2.39. The van der Waals surface area contributed by atoms with Crippen molar-refractivity contribution in [3.63, 3.8) is 0 Å². The maximum absolute atomic E-state index is 5.38. The summed E-state index contributed by atoms with van der Waals surface area (Å²) in [6.45, 7) is 3.37. The summed E-state index contributed by atoms with van der Waals surface area (Å²) >= 11 is 0. The minimum atomic E-state index is 0. The number of rotatable bonds is 10. The first-order chi connectivity index (χ1) is 13.8. The maximum atomic E-state index is 5.38. The predicted octanol–water partition coefficient (Wildman–Crippen LogP) is 3.07. The third-order valence-electron chi connectivity index (χ3n) is 4.26. The van der Waals surface area contributed by atoms with E-state index < -0.39 is 0 Å². The highest BCUT2D eigenvalue weighted by Crippen LogP contribution is 2.11. The van der Waals surface area contributed by atoms with E-state index in [0.717, 1.165) is 31.2 Å². The van der Waals surface area contributed by atoms with Gasteiger partial charge < -0.3 is 19.8 Å². The van der Waals surface area contributed by atoms with Crippen LogP contribution in [0.4, 0.5) is 0 Å². The molecule has 3 rings (SSSR count). The molecule has 2 heterocycles. The number of nitrogens with one attached hydrogen (secondary N) is 2. The molecule has 7 nitrogen and oxygen atoms in total. The number of benzene rings is 1. The third-order valence-corrected chi connectivity index (χ3v) is 4.26. The van der Waals surface area contributed by atoms with Gasteiger partial charge in [-0.3, -0.25) is 4.68 Å². The summed E-state index contributed by atoms with van der Waals surface area (Å²) in [7, 11) is 1.69. The third kappa shape index (κ3) is 7.90. The molecule has 0 radical (unpaired) electrons. The molecule has 0 atom stereocenters. The molecule has 0 saturated heterocycles. The van der Waals surface area contributed by atoms with E-state index in [4.69, 9.17) is 14.1 Å². The van der Waals surface area contributed by atoms with Crippen LogP contribution >= 0.6 is 24.0 Å². The molecule has 0 aliphatic heterocycles. The molecule has 0 spiro atoms. The molecule has 8 heteroatoms. The molecule has 2 aromatic heterocycles. The molecule has 29 heavy (non-hydrogen) atoms. The standard InChI is InChI=1S/C21H27N5O2.HI/c1-27-15-12-23-21(22-11-9-20-8-4-14-28-20)24-16-18-6-2-3-7-19(18)17-26-13-5-10-25-26;/h2-8,10,13-14H,9,11-12,15-17H2,1H3,(H2,22,23,24);1H. The van der Waals surface area contributed by atoms with Gasteiger partial charge in [0.15, 0.2) is 5.96 Å². The molecular formula is C21H28IN5O2. The van der Waals surface area contributed by atoms with E-state index in [1.165, 1.54) is 11.1 Å². The Morgan fingerprint density at radius 3 is 2.66 bits per heavy atom. The normalized spacial score (nSPS) is 11.1. The molecule has 3 aromatic rings. The second kappa shape index (κ2) is 13.0. The summed E-state index contributed by atoms with van der Waals surface area (Å²) in [6, 6.07) is 14.1. The number of aromatic nitrogens is 2. The predicted molar refractivity (Wildman–Crippen MR) is 125 cm³/mol. The molecule has 0 aliphatic carbocycles. The van der Waals surface area contributed by atoms with E-state index >= 15 is 0 Å². The van der Waals surface area contributed by atoms with E-state index in [9.17, 15) is 0 Å². The summed E-state index contributed by atoms with van der Waals surface area (Å²) < 4.78 is 12.4. The number of nitrogens with zero attached hydrogens (tertiary/aromatic N) is 3. The van der Waals surface area contributed by atoms with Gasteiger partial charge in [-0.25, -0.2) is 4.99 Å². The Hall–Kier alpha value is -2.33. The Balaban J connectivity index is 0.00000300. The van der Waals surface area contributed by atoms with Crippen molar-refractivity contribution in [1.29, 1.82) is 0 Å². The number of hydrogen-bond acceptors (Lipinski definition) is 4. The van der Waals surface area contributed by atoms with Crippen molar-refractivity contribution in [2.24, 2.45) is 4.99 Å². The topological polar surface area (TPSA) is 76.6 Å². The van der Waals surface area contributed by atoms with E-state index in [-0.39, 0.29) is 24.0 Å². The quantitative estimate of drug-likeness (QED) is 0.190. The second-order valence-corrected chi connectivity index (χ2v) is 6.31. The van der Waals surface area contributed by atoms with Crippen LogP contribution in [-0.2, 0) is 24.2 Å². The molecule has 0 bridgehead atoms. The van der Waals surface area contributed by atoms with Gasteiger partial charge in [-0.15, -0.1) is 24.0 Å². The average Bonchev–Trinajstić information content (AvgIpc) is 3.41. The maximum Gasteiger partial charge on any atom is 0.191 e. The Labute approximate surface area is 188 Å². The zero-order valence-electron chi connectivity index (χ0n) is 16.6. The Morgan fingerprint density at radius 2 is 1.93 bits per heavy atom. The highest BCUT2D eigenvalue weighted by atomic mass is 127. The molecule has 2 N–H and O–H groups in total. The van der Waals surface area contributed by atoms with Crippen molar-refractivity contribution in [3.05, 3.63) is 78.0 Å². The summed E-state index contributed by atoms with van der Waals surface area (Å²) in [6.07, 6.45) is 6.25. The van der Waals surface area contributed by atoms with Crippen LogP contribution in [0.2, 0.25) is 0 Å². The van der Waals surface area contributed by atoms with Gasteiger partial charge in [0.1, 0.15) is 5.76 Å². The zero-order valence-corrected chi connectivity index (χ0v) is 18.9. The Kier molecular flexibility index (Phi) is 10.3. The van der Waals surface area contributed by atoms with Crippen LogP contribution in [0.5, 0.6) is 0 Å². The van der Waals surface area contributed by atoms with Crippen molar-refractivity contribution in [2.45, 2.75) is 19.5 Å². The summed E-state index contributed by atoms with van der Waals surface area (Å²) in [5, 5.41) is 11.0. The van der Waals surface area contributed by atoms with Gasteiger partial charge in [0, 0.05) is 39.0 Å². The van der Waals surface area contributed by atoms with Crippen molar-refractivity contribution in [1.82, 2.24) is 20.4 Å². The average molecular weight is 509 g/mol. The number of ether oxygens (including phenoxy) is 1. The lowest BCUT2D eigenvalue weighted by Crippen LogP contribution is -2.40. The molecule has 0 aliphatic rings. The van der Waals surface area contributed by atoms with Crippen molar-refractivity contribution >= 4 is 29.9 Å². The number of aliphatic imine (C=N–C) groups is 1. The minimum absolute atomic E-state index is 0. The number of hydrogen-bond donors (Lipinski definition) is 2. The zero-order chi connectivity index (χ0) is 19.4. The van der Waals surface area contributed by atoms with Crippen molar-refractivity contribution < 1.29 is 9.15 Å². The molecular weight excluding hydrogens is 481 g/mol. The monoisotopic (exact) mass is 509 g/mol. The minimum Gasteiger partial charge on any atom is -0.469 e. The SMILES string of the molecule is COCCNC(=NCc1ccccc1Cn1cccn1)NCCc1ccco1.I. The van der Waals surface area contributed by atoms with Gasteiger partial charge in [-0.1, -0.05) is 24.3 Å². The largest absolute Gasteiger partial charge is 0.469 e. The lowest BCUT2D eigenvalue weighted by atomic mass is 10.1. The van der Waals surface area contributed by atoms with Gasteiger partial charge in [0.05, 0.1) is 26.0 Å². The summed E-state index contributed by atoms with van der Waals surface area (Å²) in [4.78, 5) is 4.75. The van der Waals surface area contributed by atoms with Gasteiger partial charge in [0.2, 0.25) is 0 Å². The highest BCUT2D eigenvalue weighted by Gasteiger charge is 2.05. The first kappa shape index (κ1) is 23.0. The van der Waals surface area contributed by atoms with Gasteiger partial charge in [0.25, 0.3) is 0 Å². The number of furan rings is 1. The van der Waals surface area contributed by atoms with E-state index in [1.807, 2.05) is 41.2 Å². The highest BCUT2D eigenvalue weighted by molar-refractivity contribution is 14.0. The first-order valence-corrected chi connectivity index (χ1v) is 9.43. The molecule has 0 fully saturated rings. The molecule has 156 valence electrons. The number of guanidine groups is 1. The lowest BCUT2D eigenvalue weighted by Gasteiger charge is -2.13. The van der Waals surface area contributed by atoms with Crippen LogP contribution in [0, 0.1) is 0 Å². The smallest absolute Gasteiger partial charge is 0.191 e. The first-order valence-electron chi connectivity index (χ1n) is 9.43.